The second-order valence-corrected chi connectivity index (χ2v) is 14.5. The number of rotatable bonds is 15. The molecule has 0 saturated carbocycles. The molecule has 1 atom stereocenters. The van der Waals surface area contributed by atoms with E-state index in [9.17, 15) is 19.1 Å². The van der Waals surface area contributed by atoms with Crippen molar-refractivity contribution in [2.45, 2.75) is 65.5 Å². The molecule has 4 aromatic carbocycles. The maximum Gasteiger partial charge on any atom is 0.274 e. The Hall–Kier alpha value is -5.26. The molecule has 2 amide bonds. The number of ether oxygens (including phenoxy) is 1. The molecule has 274 valence electrons. The molecule has 2 N–H and O–H groups in total. The lowest BCUT2D eigenvalue weighted by Gasteiger charge is -2.36. The second kappa shape index (κ2) is 17.5. The molecule has 1 aromatic heterocycles. The largest absolute Gasteiger partial charge is 0.457 e. The van der Waals surface area contributed by atoms with Gasteiger partial charge in [0, 0.05) is 31.0 Å². The number of nitrogens with one attached hydrogen (secondary N) is 1. The molecule has 2 radical (unpaired) electrons. The van der Waals surface area contributed by atoms with E-state index in [-0.39, 0.29) is 40.0 Å². The summed E-state index contributed by atoms with van der Waals surface area (Å²) in [6.45, 7) is 7.68. The molecule has 1 aliphatic heterocycles. The normalized spacial score (nSPS) is 13.8. The lowest BCUT2D eigenvalue weighted by molar-refractivity contribution is 0.0544. The van der Waals surface area contributed by atoms with E-state index in [0.717, 1.165) is 53.4 Å². The number of aromatic nitrogens is 2. The summed E-state index contributed by atoms with van der Waals surface area (Å²) in [6.07, 6.45) is 4.37. The van der Waals surface area contributed by atoms with Crippen LogP contribution in [-0.4, -0.2) is 71.9 Å². The zero-order chi connectivity index (χ0) is 37.3. The number of aryl methyl sites for hydroxylation is 1. The van der Waals surface area contributed by atoms with Gasteiger partial charge in [0.25, 0.3) is 11.8 Å². The van der Waals surface area contributed by atoms with Gasteiger partial charge in [0.1, 0.15) is 17.3 Å². The molecule has 0 saturated heterocycles. The zero-order valence-electron chi connectivity index (χ0n) is 30.5. The summed E-state index contributed by atoms with van der Waals surface area (Å²) in [4.78, 5) is 35.5. The van der Waals surface area contributed by atoms with Crippen LogP contribution in [0.25, 0.3) is 5.69 Å². The molecule has 6 rings (SSSR count). The third kappa shape index (κ3) is 9.04. The van der Waals surface area contributed by atoms with Crippen LogP contribution >= 0.6 is 0 Å². The number of halogens is 1. The van der Waals surface area contributed by atoms with Crippen molar-refractivity contribution in [3.8, 4) is 17.2 Å². The number of carbonyl (C=O) groups excluding carboxylic acids is 2. The molecule has 0 aliphatic carbocycles. The standard InChI is InChI=1S/C42H46FN5O4Si/c1-4-6-22-46(23-7-5-2)42(51)39-24-29(3)48(44-39)40-21-14-33(45-53-37-19-17-36(18-20-37)52-35-15-12-32(43)13-16-35)26-38(40)41(50)47-27-31-11-9-8-10-30(31)25-34(47)28-49/h8-21,24,26,34,45,49H,4-7,22-23,25,27-28H2,1-3H3/t34-/m0/s1. The number of amides is 2. The van der Waals surface area contributed by atoms with Crippen LogP contribution in [0.3, 0.4) is 0 Å². The second-order valence-electron chi connectivity index (χ2n) is 13.4. The third-order valence-electron chi connectivity index (χ3n) is 9.49. The Morgan fingerprint density at radius 1 is 0.925 bits per heavy atom. The number of fused-ring (bicyclic) bond motifs is 1. The molecule has 0 fully saturated rings. The summed E-state index contributed by atoms with van der Waals surface area (Å²) >= 11 is 0. The molecule has 53 heavy (non-hydrogen) atoms. The Bertz CT molecular complexity index is 2010. The molecule has 2 heterocycles. The smallest absolute Gasteiger partial charge is 0.274 e. The van der Waals surface area contributed by atoms with Gasteiger partial charge >= 0.3 is 0 Å². The summed E-state index contributed by atoms with van der Waals surface area (Å²) in [5.74, 6) is 0.530. The SMILES string of the molecule is CCCCN(CCCC)C(=O)c1cc(C)n(-c2ccc(N[Si]c3ccc(Oc4ccc(F)cc4)cc3)cc2C(=O)N2Cc3ccccc3C[C@H]2CO)n1. The molecule has 0 spiro atoms. The lowest BCUT2D eigenvalue weighted by Crippen LogP contribution is -2.46. The molecular weight excluding hydrogens is 686 g/mol. The number of hydrogen-bond acceptors (Lipinski definition) is 6. The van der Waals surface area contributed by atoms with Gasteiger partial charge in [0.15, 0.2) is 5.69 Å². The maximum absolute atomic E-state index is 14.6. The van der Waals surface area contributed by atoms with E-state index in [4.69, 9.17) is 9.84 Å². The number of aliphatic hydroxyl groups excluding tert-OH is 1. The van der Waals surface area contributed by atoms with Crippen molar-refractivity contribution in [1.82, 2.24) is 19.6 Å². The van der Waals surface area contributed by atoms with Gasteiger partial charge in [-0.1, -0.05) is 63.1 Å². The Morgan fingerprint density at radius 3 is 2.25 bits per heavy atom. The number of anilines is 1. The van der Waals surface area contributed by atoms with Gasteiger partial charge in [-0.3, -0.25) is 9.59 Å². The predicted molar refractivity (Wildman–Crippen MR) is 207 cm³/mol. The summed E-state index contributed by atoms with van der Waals surface area (Å²) in [6, 6.07) is 28.6. The Morgan fingerprint density at radius 2 is 1.58 bits per heavy atom. The third-order valence-corrected chi connectivity index (χ3v) is 10.5. The van der Waals surface area contributed by atoms with E-state index in [2.05, 4.69) is 18.8 Å². The minimum atomic E-state index is -0.388. The van der Waals surface area contributed by atoms with Crippen LogP contribution in [0.15, 0.2) is 97.1 Å². The van der Waals surface area contributed by atoms with E-state index in [1.54, 1.807) is 27.8 Å². The molecule has 11 heteroatoms. The fourth-order valence-electron chi connectivity index (χ4n) is 6.50. The van der Waals surface area contributed by atoms with Crippen LogP contribution in [0.5, 0.6) is 11.5 Å². The highest BCUT2D eigenvalue weighted by Crippen LogP contribution is 2.29. The highest BCUT2D eigenvalue weighted by molar-refractivity contribution is 6.56. The van der Waals surface area contributed by atoms with Crippen LogP contribution in [0, 0.1) is 12.7 Å². The van der Waals surface area contributed by atoms with Crippen LogP contribution in [0.1, 0.15) is 77.2 Å². The van der Waals surface area contributed by atoms with Crippen molar-refractivity contribution in [2.24, 2.45) is 0 Å². The summed E-state index contributed by atoms with van der Waals surface area (Å²) in [5.41, 5.74) is 4.99. The number of aliphatic hydroxyl groups is 1. The van der Waals surface area contributed by atoms with Gasteiger partial charge < -0.3 is 24.6 Å². The van der Waals surface area contributed by atoms with Crippen molar-refractivity contribution < 1.29 is 23.8 Å². The average Bonchev–Trinajstić information content (AvgIpc) is 3.58. The van der Waals surface area contributed by atoms with Gasteiger partial charge in [-0.2, -0.15) is 5.10 Å². The first-order valence-electron chi connectivity index (χ1n) is 18.3. The number of carbonyl (C=O) groups is 2. The van der Waals surface area contributed by atoms with Gasteiger partial charge in [-0.25, -0.2) is 9.07 Å². The predicted octanol–water partition coefficient (Wildman–Crippen LogP) is 7.07. The highest BCUT2D eigenvalue weighted by Gasteiger charge is 2.32. The minimum absolute atomic E-state index is 0.108. The maximum atomic E-state index is 14.6. The van der Waals surface area contributed by atoms with E-state index >= 15 is 0 Å². The fraction of sp³-hybridized carbons (Fsp3) is 0.310. The fourth-order valence-corrected chi connectivity index (χ4v) is 7.28. The Labute approximate surface area is 313 Å². The highest BCUT2D eigenvalue weighted by atomic mass is 28.2. The molecule has 9 nitrogen and oxygen atoms in total. The first kappa shape index (κ1) is 37.5. The first-order valence-corrected chi connectivity index (χ1v) is 19.3. The summed E-state index contributed by atoms with van der Waals surface area (Å²) < 4.78 is 20.8. The topological polar surface area (TPSA) is 99.9 Å². The van der Waals surface area contributed by atoms with Crippen LogP contribution in [0.2, 0.25) is 0 Å². The number of nitrogens with zero attached hydrogens (tertiary/aromatic N) is 4. The number of unbranched alkanes of at least 4 members (excludes halogenated alkanes) is 2. The quantitative estimate of drug-likeness (QED) is 0.112. The van der Waals surface area contributed by atoms with Crippen LogP contribution < -0.4 is 14.9 Å². The van der Waals surface area contributed by atoms with Crippen molar-refractivity contribution in [3.05, 3.63) is 131 Å². The minimum Gasteiger partial charge on any atom is -0.457 e. The van der Waals surface area contributed by atoms with E-state index in [1.807, 2.05) is 78.6 Å². The molecule has 0 bridgehead atoms. The van der Waals surface area contributed by atoms with E-state index in [1.165, 1.54) is 12.1 Å². The van der Waals surface area contributed by atoms with Gasteiger partial charge in [0.05, 0.1) is 23.9 Å². The Balaban J connectivity index is 1.29. The number of hydrogen-bond donors (Lipinski definition) is 2. The van der Waals surface area contributed by atoms with Crippen molar-refractivity contribution >= 4 is 32.4 Å². The lowest BCUT2D eigenvalue weighted by atomic mass is 9.93. The van der Waals surface area contributed by atoms with Gasteiger partial charge in [0.2, 0.25) is 9.68 Å². The number of benzene rings is 4. The van der Waals surface area contributed by atoms with Crippen LogP contribution in [0.4, 0.5) is 10.1 Å². The summed E-state index contributed by atoms with van der Waals surface area (Å²) in [7, 11) is 0.177. The van der Waals surface area contributed by atoms with Gasteiger partial charge in [-0.15, -0.1) is 0 Å². The van der Waals surface area contributed by atoms with Gasteiger partial charge in [-0.05, 0) is 103 Å². The molecule has 0 unspecified atom stereocenters. The average molecular weight is 732 g/mol. The van der Waals surface area contributed by atoms with E-state index in [0.29, 0.717) is 54.5 Å². The molecule has 5 aromatic rings. The monoisotopic (exact) mass is 731 g/mol. The van der Waals surface area contributed by atoms with Crippen molar-refractivity contribution in [1.29, 1.82) is 0 Å². The first-order chi connectivity index (χ1) is 25.8. The molecule has 1 aliphatic rings. The summed E-state index contributed by atoms with van der Waals surface area (Å²) in [5, 5.41) is 16.3. The molecular formula is C42H46FN5O4Si. The van der Waals surface area contributed by atoms with E-state index < -0.39 is 0 Å². The van der Waals surface area contributed by atoms with Crippen LogP contribution in [-0.2, 0) is 13.0 Å². The Kier molecular flexibility index (Phi) is 12.4. The van der Waals surface area contributed by atoms with Crippen molar-refractivity contribution in [3.63, 3.8) is 0 Å². The van der Waals surface area contributed by atoms with Crippen molar-refractivity contribution in [2.75, 3.05) is 24.7 Å². The zero-order valence-corrected chi connectivity index (χ0v) is 31.5.